The first kappa shape index (κ1) is 25.4. The standard InChI is InChI=1S/C27H27N3O8/c1-4-15-16-8-14(31)6-7-20(16)29-24-17(15)11-30-21(24)9-19-18(25(30)34)12-37-26(35)27(19,5-2)38-23(33)10-28-22(32)13-36-3/h6-9,31H,4-5,10-13H2,1-3H3,(H,28,32). The second-order valence-corrected chi connectivity index (χ2v) is 9.23. The molecule has 38 heavy (non-hydrogen) atoms. The van der Waals surface area contributed by atoms with Crippen LogP contribution >= 0.6 is 0 Å². The lowest BCUT2D eigenvalue weighted by atomic mass is 9.85. The number of hydrogen-bond acceptors (Lipinski definition) is 9. The van der Waals surface area contributed by atoms with Crippen molar-refractivity contribution in [3.05, 3.63) is 56.9 Å². The molecule has 3 aromatic rings. The fraction of sp³-hybridized carbons (Fsp3) is 0.370. The van der Waals surface area contributed by atoms with E-state index in [0.717, 1.165) is 16.5 Å². The molecule has 2 aromatic heterocycles. The number of hydrogen-bond donors (Lipinski definition) is 2. The summed E-state index contributed by atoms with van der Waals surface area (Å²) < 4.78 is 17.3. The monoisotopic (exact) mass is 521 g/mol. The fourth-order valence-corrected chi connectivity index (χ4v) is 5.29. The van der Waals surface area contributed by atoms with E-state index in [9.17, 15) is 24.3 Å². The predicted octanol–water partition coefficient (Wildman–Crippen LogP) is 1.66. The van der Waals surface area contributed by atoms with E-state index in [0.29, 0.717) is 23.3 Å². The number of fused-ring (bicyclic) bond motifs is 5. The van der Waals surface area contributed by atoms with Crippen molar-refractivity contribution in [2.75, 3.05) is 20.3 Å². The molecule has 0 spiro atoms. The zero-order chi connectivity index (χ0) is 27.2. The minimum atomic E-state index is -1.86. The molecule has 0 saturated heterocycles. The van der Waals surface area contributed by atoms with Crippen LogP contribution in [-0.2, 0) is 53.8 Å². The van der Waals surface area contributed by atoms with Crippen molar-refractivity contribution < 1.29 is 33.7 Å². The molecule has 11 heteroatoms. The van der Waals surface area contributed by atoms with E-state index >= 15 is 0 Å². The van der Waals surface area contributed by atoms with E-state index in [2.05, 4.69) is 5.32 Å². The summed E-state index contributed by atoms with van der Waals surface area (Å²) in [5, 5.41) is 13.2. The Kier molecular flexibility index (Phi) is 6.39. The summed E-state index contributed by atoms with van der Waals surface area (Å²) in [7, 11) is 1.35. The maximum Gasteiger partial charge on any atom is 0.355 e. The minimum Gasteiger partial charge on any atom is -0.508 e. The third-order valence-electron chi connectivity index (χ3n) is 7.10. The number of phenolic OH excluding ortho intramolecular Hbond substituents is 1. The second kappa shape index (κ2) is 9.56. The zero-order valence-electron chi connectivity index (χ0n) is 21.3. The number of methoxy groups -OCH3 is 1. The first-order valence-electron chi connectivity index (χ1n) is 12.3. The number of pyridine rings is 2. The van der Waals surface area contributed by atoms with E-state index in [1.165, 1.54) is 7.11 Å². The number of nitrogens with one attached hydrogen (secondary N) is 1. The Balaban J connectivity index is 1.63. The van der Waals surface area contributed by atoms with Crippen LogP contribution < -0.4 is 10.9 Å². The maximum atomic E-state index is 13.7. The summed E-state index contributed by atoms with van der Waals surface area (Å²) in [6, 6.07) is 6.62. The molecule has 1 atom stereocenters. The average Bonchev–Trinajstić information content (AvgIpc) is 3.26. The van der Waals surface area contributed by atoms with E-state index in [1.807, 2.05) is 6.92 Å². The van der Waals surface area contributed by atoms with E-state index < -0.39 is 30.0 Å². The largest absolute Gasteiger partial charge is 0.508 e. The van der Waals surface area contributed by atoms with Gasteiger partial charge in [0.15, 0.2) is 0 Å². The molecule has 1 amide bonds. The summed E-state index contributed by atoms with van der Waals surface area (Å²) >= 11 is 0. The second-order valence-electron chi connectivity index (χ2n) is 9.23. The van der Waals surface area contributed by atoms with Gasteiger partial charge in [0.05, 0.1) is 29.0 Å². The normalized spacial score (nSPS) is 17.4. The van der Waals surface area contributed by atoms with Crippen molar-refractivity contribution in [2.45, 2.75) is 45.4 Å². The smallest absolute Gasteiger partial charge is 0.355 e. The van der Waals surface area contributed by atoms with E-state index in [4.69, 9.17) is 19.2 Å². The number of ether oxygens (including phenoxy) is 3. The van der Waals surface area contributed by atoms with Crippen LogP contribution in [0.1, 0.15) is 42.5 Å². The van der Waals surface area contributed by atoms with Gasteiger partial charge in [0.25, 0.3) is 5.56 Å². The molecule has 0 aliphatic carbocycles. The molecule has 0 bridgehead atoms. The van der Waals surface area contributed by atoms with Crippen molar-refractivity contribution >= 4 is 28.7 Å². The topological polar surface area (TPSA) is 146 Å². The van der Waals surface area contributed by atoms with E-state index in [-0.39, 0.29) is 48.6 Å². The first-order chi connectivity index (χ1) is 18.2. The number of esters is 2. The van der Waals surface area contributed by atoms with Gasteiger partial charge in [-0.1, -0.05) is 13.8 Å². The van der Waals surface area contributed by atoms with Gasteiger partial charge in [-0.3, -0.25) is 14.4 Å². The maximum absolute atomic E-state index is 13.7. The zero-order valence-corrected chi connectivity index (χ0v) is 21.3. The molecule has 1 unspecified atom stereocenters. The molecule has 0 fully saturated rings. The first-order valence-corrected chi connectivity index (χ1v) is 12.3. The van der Waals surface area contributed by atoms with Gasteiger partial charge in [-0.25, -0.2) is 9.78 Å². The fourth-order valence-electron chi connectivity index (χ4n) is 5.29. The number of rotatable bonds is 7. The number of aromatic hydroxyl groups is 1. The Bertz CT molecular complexity index is 1560. The van der Waals surface area contributed by atoms with Crippen molar-refractivity contribution in [1.29, 1.82) is 0 Å². The Morgan fingerprint density at radius 1 is 1.21 bits per heavy atom. The van der Waals surface area contributed by atoms with Crippen LogP contribution in [-0.4, -0.2) is 52.8 Å². The number of aromatic nitrogens is 2. The molecule has 4 heterocycles. The summed E-state index contributed by atoms with van der Waals surface area (Å²) in [5.74, 6) is -2.05. The van der Waals surface area contributed by atoms with Crippen LogP contribution in [0.15, 0.2) is 29.1 Å². The van der Waals surface area contributed by atoms with Gasteiger partial charge in [-0.15, -0.1) is 0 Å². The third kappa shape index (κ3) is 3.90. The summed E-state index contributed by atoms with van der Waals surface area (Å²) in [6.07, 6.45) is 0.664. The van der Waals surface area contributed by atoms with Crippen LogP contribution in [0.2, 0.25) is 0 Å². The summed E-state index contributed by atoms with van der Waals surface area (Å²) in [6.45, 7) is 2.95. The summed E-state index contributed by atoms with van der Waals surface area (Å²) in [5.41, 5.74) is 1.85. The molecule has 5 rings (SSSR count). The molecule has 198 valence electrons. The molecule has 0 saturated carbocycles. The van der Waals surface area contributed by atoms with Crippen molar-refractivity contribution in [3.63, 3.8) is 0 Å². The molecule has 0 radical (unpaired) electrons. The molecule has 11 nitrogen and oxygen atoms in total. The van der Waals surface area contributed by atoms with Crippen LogP contribution in [0.25, 0.3) is 22.3 Å². The Morgan fingerprint density at radius 3 is 2.71 bits per heavy atom. The van der Waals surface area contributed by atoms with Crippen LogP contribution in [0.5, 0.6) is 5.75 Å². The van der Waals surface area contributed by atoms with E-state index in [1.54, 1.807) is 35.8 Å². The van der Waals surface area contributed by atoms with Gasteiger partial charge in [-0.05, 0) is 42.7 Å². The highest BCUT2D eigenvalue weighted by molar-refractivity contribution is 5.91. The predicted molar refractivity (Wildman–Crippen MR) is 134 cm³/mol. The molecule has 2 aliphatic rings. The average molecular weight is 522 g/mol. The highest BCUT2D eigenvalue weighted by atomic mass is 16.6. The lowest BCUT2D eigenvalue weighted by Gasteiger charge is -2.35. The minimum absolute atomic E-state index is 0.0109. The Hall–Kier alpha value is -4.25. The van der Waals surface area contributed by atoms with Crippen molar-refractivity contribution in [1.82, 2.24) is 14.9 Å². The number of phenols is 1. The molecule has 2 aliphatic heterocycles. The quantitative estimate of drug-likeness (QED) is 0.347. The third-order valence-corrected chi connectivity index (χ3v) is 7.10. The molecule has 1 aromatic carbocycles. The number of carbonyl (C=O) groups excluding carboxylic acids is 3. The summed E-state index contributed by atoms with van der Waals surface area (Å²) in [4.78, 5) is 56.0. The number of amides is 1. The number of benzene rings is 1. The highest BCUT2D eigenvalue weighted by Gasteiger charge is 2.50. The SMILES string of the molecule is CCc1c2c(nc3ccc(O)cc13)-c1cc3c(c(=O)n1C2)COC(=O)C3(CC)OC(=O)CNC(=O)COC. The van der Waals surface area contributed by atoms with Crippen LogP contribution in [0.4, 0.5) is 0 Å². The number of aryl methyl sites for hydroxylation is 1. The molecule has 2 N–H and O–H groups in total. The van der Waals surface area contributed by atoms with Gasteiger partial charge in [-0.2, -0.15) is 0 Å². The molecular weight excluding hydrogens is 494 g/mol. The van der Waals surface area contributed by atoms with Crippen LogP contribution in [0.3, 0.4) is 0 Å². The number of cyclic esters (lactones) is 1. The van der Waals surface area contributed by atoms with Gasteiger partial charge in [0, 0.05) is 23.6 Å². The van der Waals surface area contributed by atoms with Crippen molar-refractivity contribution in [3.8, 4) is 17.1 Å². The Labute approximate surface area is 217 Å². The van der Waals surface area contributed by atoms with Gasteiger partial charge < -0.3 is 29.2 Å². The van der Waals surface area contributed by atoms with Gasteiger partial charge in [0.2, 0.25) is 11.5 Å². The highest BCUT2D eigenvalue weighted by Crippen LogP contribution is 2.42. The Morgan fingerprint density at radius 2 is 2.00 bits per heavy atom. The lowest BCUT2D eigenvalue weighted by Crippen LogP contribution is -2.48. The van der Waals surface area contributed by atoms with Crippen molar-refractivity contribution in [2.24, 2.45) is 0 Å². The number of carbonyl (C=O) groups is 3. The van der Waals surface area contributed by atoms with Gasteiger partial charge >= 0.3 is 11.9 Å². The van der Waals surface area contributed by atoms with Gasteiger partial charge in [0.1, 0.15) is 25.5 Å². The van der Waals surface area contributed by atoms with Crippen LogP contribution in [0, 0.1) is 0 Å². The molecular formula is C27H27N3O8. The number of nitrogens with zero attached hydrogens (tertiary/aromatic N) is 2. The lowest BCUT2D eigenvalue weighted by molar-refractivity contribution is -0.189.